The van der Waals surface area contributed by atoms with Crippen LogP contribution in [0.4, 0.5) is 13.2 Å². The molecular weight excluding hydrogens is 245 g/mol. The van der Waals surface area contributed by atoms with Crippen molar-refractivity contribution in [3.63, 3.8) is 0 Å². The van der Waals surface area contributed by atoms with Gasteiger partial charge in [-0.2, -0.15) is 13.2 Å². The van der Waals surface area contributed by atoms with E-state index in [0.29, 0.717) is 12.2 Å². The molecule has 0 bridgehead atoms. The number of hydrogen-bond acceptors (Lipinski definition) is 2. The maximum absolute atomic E-state index is 12.4. The van der Waals surface area contributed by atoms with E-state index in [1.165, 1.54) is 19.1 Å². The molecule has 0 aliphatic heterocycles. The summed E-state index contributed by atoms with van der Waals surface area (Å²) in [5.74, 6) is -0.219. The molecular formula is C13H15F3O2. The number of halogens is 3. The zero-order valence-electron chi connectivity index (χ0n) is 10.3. The first kappa shape index (κ1) is 14.7. The van der Waals surface area contributed by atoms with E-state index in [0.717, 1.165) is 18.6 Å². The van der Waals surface area contributed by atoms with Crippen molar-refractivity contribution >= 4 is 5.78 Å². The van der Waals surface area contributed by atoms with E-state index in [1.54, 1.807) is 0 Å². The average Bonchev–Trinajstić information content (AvgIpc) is 2.28. The Balaban J connectivity index is 2.90. The number of benzene rings is 1. The molecule has 1 aromatic carbocycles. The highest BCUT2D eigenvalue weighted by molar-refractivity contribution is 5.81. The molecule has 0 saturated carbocycles. The molecule has 1 atom stereocenters. The minimum Gasteiger partial charge on any atom is -0.366 e. The fourth-order valence-corrected chi connectivity index (χ4v) is 1.53. The third-order valence-electron chi connectivity index (χ3n) is 2.40. The van der Waals surface area contributed by atoms with Gasteiger partial charge in [0.1, 0.15) is 6.10 Å². The average molecular weight is 260 g/mol. The Labute approximate surface area is 104 Å². The van der Waals surface area contributed by atoms with Gasteiger partial charge < -0.3 is 4.74 Å². The summed E-state index contributed by atoms with van der Waals surface area (Å²) in [6, 6.07) is 4.48. The van der Waals surface area contributed by atoms with E-state index in [-0.39, 0.29) is 5.78 Å². The van der Waals surface area contributed by atoms with E-state index in [9.17, 15) is 18.0 Å². The SMILES string of the molecule is CCCOC(C(C)=O)c1ccc(C(F)(F)F)cc1. The van der Waals surface area contributed by atoms with Crippen molar-refractivity contribution in [2.45, 2.75) is 32.5 Å². The zero-order valence-corrected chi connectivity index (χ0v) is 10.3. The molecule has 1 aromatic rings. The molecule has 1 unspecified atom stereocenters. The molecule has 5 heteroatoms. The Morgan fingerprint density at radius 2 is 1.83 bits per heavy atom. The van der Waals surface area contributed by atoms with Crippen molar-refractivity contribution in [3.05, 3.63) is 35.4 Å². The Hall–Kier alpha value is -1.36. The topological polar surface area (TPSA) is 26.3 Å². The van der Waals surface area contributed by atoms with Crippen LogP contribution < -0.4 is 0 Å². The first-order valence-electron chi connectivity index (χ1n) is 5.65. The van der Waals surface area contributed by atoms with E-state index in [2.05, 4.69) is 0 Å². The summed E-state index contributed by atoms with van der Waals surface area (Å²) < 4.78 is 42.5. The summed E-state index contributed by atoms with van der Waals surface area (Å²) >= 11 is 0. The van der Waals surface area contributed by atoms with E-state index >= 15 is 0 Å². The van der Waals surface area contributed by atoms with Crippen LogP contribution in [0, 0.1) is 0 Å². The van der Waals surface area contributed by atoms with Crippen LogP contribution in [0.25, 0.3) is 0 Å². The predicted octanol–water partition coefficient (Wildman–Crippen LogP) is 3.76. The highest BCUT2D eigenvalue weighted by Crippen LogP contribution is 2.30. The highest BCUT2D eigenvalue weighted by Gasteiger charge is 2.30. The fraction of sp³-hybridized carbons (Fsp3) is 0.462. The molecule has 0 heterocycles. The summed E-state index contributed by atoms with van der Waals surface area (Å²) in [6.07, 6.45) is -4.41. The summed E-state index contributed by atoms with van der Waals surface area (Å²) in [4.78, 5) is 11.4. The zero-order chi connectivity index (χ0) is 13.8. The van der Waals surface area contributed by atoms with Crippen molar-refractivity contribution < 1.29 is 22.7 Å². The van der Waals surface area contributed by atoms with Crippen LogP contribution in [0.5, 0.6) is 0 Å². The molecule has 0 amide bonds. The van der Waals surface area contributed by atoms with Gasteiger partial charge in [0.15, 0.2) is 5.78 Å². The van der Waals surface area contributed by atoms with Crippen LogP contribution in [0.15, 0.2) is 24.3 Å². The molecule has 1 rings (SSSR count). The largest absolute Gasteiger partial charge is 0.416 e. The lowest BCUT2D eigenvalue weighted by Gasteiger charge is -2.16. The first-order chi connectivity index (χ1) is 8.36. The molecule has 100 valence electrons. The maximum atomic E-state index is 12.4. The van der Waals surface area contributed by atoms with Gasteiger partial charge in [-0.1, -0.05) is 19.1 Å². The van der Waals surface area contributed by atoms with Crippen LogP contribution in [0.1, 0.15) is 37.5 Å². The van der Waals surface area contributed by atoms with Gasteiger partial charge in [-0.05, 0) is 31.0 Å². The number of carbonyl (C=O) groups excluding carboxylic acids is 1. The van der Waals surface area contributed by atoms with E-state index in [1.807, 2.05) is 6.92 Å². The van der Waals surface area contributed by atoms with Crippen molar-refractivity contribution in [1.82, 2.24) is 0 Å². The molecule has 0 saturated heterocycles. The van der Waals surface area contributed by atoms with E-state index < -0.39 is 17.8 Å². The predicted molar refractivity (Wildman–Crippen MR) is 61.1 cm³/mol. The lowest BCUT2D eigenvalue weighted by Crippen LogP contribution is -2.14. The Kier molecular flexibility index (Phi) is 4.90. The third-order valence-corrected chi connectivity index (χ3v) is 2.40. The van der Waals surface area contributed by atoms with Crippen molar-refractivity contribution in [2.24, 2.45) is 0 Å². The van der Waals surface area contributed by atoms with Gasteiger partial charge in [0.25, 0.3) is 0 Å². The third kappa shape index (κ3) is 3.84. The van der Waals surface area contributed by atoms with Crippen LogP contribution in [-0.2, 0) is 15.7 Å². The van der Waals surface area contributed by atoms with Gasteiger partial charge in [0.05, 0.1) is 5.56 Å². The molecule has 0 radical (unpaired) electrons. The number of alkyl halides is 3. The molecule has 18 heavy (non-hydrogen) atoms. The summed E-state index contributed by atoms with van der Waals surface area (Å²) in [6.45, 7) is 3.65. The lowest BCUT2D eigenvalue weighted by atomic mass is 10.0. The van der Waals surface area contributed by atoms with Crippen LogP contribution >= 0.6 is 0 Å². The standard InChI is InChI=1S/C13H15F3O2/c1-3-8-18-12(9(2)17)10-4-6-11(7-5-10)13(14,15)16/h4-7,12H,3,8H2,1-2H3. The quantitative estimate of drug-likeness (QED) is 0.805. The number of hydrogen-bond donors (Lipinski definition) is 0. The Bertz CT molecular complexity index is 396. The number of ketones is 1. The van der Waals surface area contributed by atoms with Gasteiger partial charge in [-0.3, -0.25) is 4.79 Å². The van der Waals surface area contributed by atoms with E-state index in [4.69, 9.17) is 4.74 Å². The summed E-state index contributed by atoms with van der Waals surface area (Å²) in [5, 5.41) is 0. The lowest BCUT2D eigenvalue weighted by molar-refractivity contribution is -0.137. The number of Topliss-reactive ketones (excluding diaryl/α,β-unsaturated/α-hetero) is 1. The smallest absolute Gasteiger partial charge is 0.366 e. The summed E-state index contributed by atoms with van der Waals surface area (Å²) in [7, 11) is 0. The molecule has 0 N–H and O–H groups in total. The van der Waals surface area contributed by atoms with Gasteiger partial charge in [-0.25, -0.2) is 0 Å². The second-order valence-corrected chi connectivity index (χ2v) is 3.98. The second kappa shape index (κ2) is 6.00. The number of ether oxygens (including phenoxy) is 1. The first-order valence-corrected chi connectivity index (χ1v) is 5.65. The van der Waals surface area contributed by atoms with Gasteiger partial charge in [0.2, 0.25) is 0 Å². The molecule has 2 nitrogen and oxygen atoms in total. The molecule has 0 fully saturated rings. The van der Waals surface area contributed by atoms with Gasteiger partial charge in [-0.15, -0.1) is 0 Å². The monoisotopic (exact) mass is 260 g/mol. The second-order valence-electron chi connectivity index (χ2n) is 3.98. The molecule has 0 aliphatic rings. The van der Waals surface area contributed by atoms with Crippen molar-refractivity contribution in [3.8, 4) is 0 Å². The van der Waals surface area contributed by atoms with Crippen molar-refractivity contribution in [2.75, 3.05) is 6.61 Å². The molecule has 0 aromatic heterocycles. The Morgan fingerprint density at radius 3 is 2.22 bits per heavy atom. The minimum atomic E-state index is -4.37. The highest BCUT2D eigenvalue weighted by atomic mass is 19.4. The maximum Gasteiger partial charge on any atom is 0.416 e. The fourth-order valence-electron chi connectivity index (χ4n) is 1.53. The van der Waals surface area contributed by atoms with Crippen molar-refractivity contribution in [1.29, 1.82) is 0 Å². The minimum absolute atomic E-state index is 0.219. The number of carbonyl (C=O) groups is 1. The van der Waals surface area contributed by atoms with Crippen LogP contribution in [-0.4, -0.2) is 12.4 Å². The van der Waals surface area contributed by atoms with Crippen LogP contribution in [0.2, 0.25) is 0 Å². The molecule has 0 aliphatic carbocycles. The van der Waals surface area contributed by atoms with Gasteiger partial charge in [0, 0.05) is 6.61 Å². The van der Waals surface area contributed by atoms with Gasteiger partial charge >= 0.3 is 6.18 Å². The number of rotatable bonds is 5. The Morgan fingerprint density at radius 1 is 1.28 bits per heavy atom. The molecule has 0 spiro atoms. The normalized spacial score (nSPS) is 13.4. The summed E-state index contributed by atoms with van der Waals surface area (Å²) in [5.41, 5.74) is -0.284. The van der Waals surface area contributed by atoms with Crippen LogP contribution in [0.3, 0.4) is 0 Å².